The molecule has 25 heavy (non-hydrogen) atoms. The number of aromatic hydroxyl groups is 1. The summed E-state index contributed by atoms with van der Waals surface area (Å²) in [5, 5.41) is 10.3. The third-order valence-electron chi connectivity index (χ3n) is 4.34. The molecular formula is C20H27FN2O2. The van der Waals surface area contributed by atoms with E-state index in [2.05, 4.69) is 9.80 Å². The Morgan fingerprint density at radius 2 is 1.72 bits per heavy atom. The Kier molecular flexibility index (Phi) is 6.65. The number of halogens is 1. The molecular weight excluding hydrogens is 319 g/mol. The zero-order valence-corrected chi connectivity index (χ0v) is 13.9. The molecule has 1 heterocycles. The lowest BCUT2D eigenvalue weighted by Gasteiger charge is -2.36. The monoisotopic (exact) mass is 346 g/mol. The second kappa shape index (κ2) is 8.72. The fourth-order valence-electron chi connectivity index (χ4n) is 3.02. The van der Waals surface area contributed by atoms with E-state index < -0.39 is 0 Å². The molecule has 2 aromatic rings. The van der Waals surface area contributed by atoms with Crippen molar-refractivity contribution in [2.45, 2.75) is 20.9 Å². The Bertz CT molecular complexity index is 668. The van der Waals surface area contributed by atoms with Gasteiger partial charge in [-0.3, -0.25) is 4.90 Å². The van der Waals surface area contributed by atoms with E-state index >= 15 is 0 Å². The van der Waals surface area contributed by atoms with Crippen molar-refractivity contribution in [2.24, 2.45) is 0 Å². The van der Waals surface area contributed by atoms with Gasteiger partial charge < -0.3 is 14.7 Å². The minimum Gasteiger partial charge on any atom is -0.504 e. The van der Waals surface area contributed by atoms with Crippen LogP contribution in [0.3, 0.4) is 0 Å². The SMILES string of the molecule is C.CCOc1cccc(CN2CCN(c3ccc(F)cc3)CC2)c1O. The van der Waals surface area contributed by atoms with Gasteiger partial charge in [-0.05, 0) is 37.3 Å². The number of phenols is 1. The quantitative estimate of drug-likeness (QED) is 0.891. The number of hydrogen-bond donors (Lipinski definition) is 1. The van der Waals surface area contributed by atoms with E-state index in [1.807, 2.05) is 31.2 Å². The molecule has 1 aliphatic heterocycles. The van der Waals surface area contributed by atoms with Gasteiger partial charge in [-0.15, -0.1) is 0 Å². The molecule has 1 fully saturated rings. The van der Waals surface area contributed by atoms with Crippen molar-refractivity contribution in [1.82, 2.24) is 4.90 Å². The van der Waals surface area contributed by atoms with E-state index in [-0.39, 0.29) is 19.0 Å². The van der Waals surface area contributed by atoms with Crippen LogP contribution in [0.2, 0.25) is 0 Å². The summed E-state index contributed by atoms with van der Waals surface area (Å²) < 4.78 is 18.5. The van der Waals surface area contributed by atoms with E-state index in [0.717, 1.165) is 37.4 Å². The Labute approximate surface area is 149 Å². The van der Waals surface area contributed by atoms with Gasteiger partial charge in [0.1, 0.15) is 5.82 Å². The summed E-state index contributed by atoms with van der Waals surface area (Å²) in [5.74, 6) is 0.572. The van der Waals surface area contributed by atoms with Gasteiger partial charge in [-0.2, -0.15) is 0 Å². The maximum Gasteiger partial charge on any atom is 0.162 e. The summed E-state index contributed by atoms with van der Waals surface area (Å²) in [4.78, 5) is 4.57. The number of rotatable bonds is 5. The molecule has 1 saturated heterocycles. The number of ether oxygens (including phenoxy) is 1. The van der Waals surface area contributed by atoms with Crippen LogP contribution in [-0.4, -0.2) is 42.8 Å². The first-order chi connectivity index (χ1) is 11.7. The van der Waals surface area contributed by atoms with E-state index in [9.17, 15) is 9.50 Å². The van der Waals surface area contributed by atoms with Crippen molar-refractivity contribution in [1.29, 1.82) is 0 Å². The minimum atomic E-state index is -0.206. The smallest absolute Gasteiger partial charge is 0.162 e. The molecule has 0 aromatic heterocycles. The standard InChI is InChI=1S/C19H23FN2O2.CH4/c1-2-24-18-5-3-4-15(19(18)23)14-21-10-12-22(13-11-21)17-8-6-16(20)7-9-17;/h3-9,23H,2,10-14H2,1H3;1H4. The Morgan fingerprint density at radius 3 is 2.36 bits per heavy atom. The first-order valence-corrected chi connectivity index (χ1v) is 8.34. The molecule has 0 unspecified atom stereocenters. The van der Waals surface area contributed by atoms with Crippen LogP contribution in [0.15, 0.2) is 42.5 Å². The van der Waals surface area contributed by atoms with Crippen LogP contribution in [0.25, 0.3) is 0 Å². The molecule has 0 atom stereocenters. The van der Waals surface area contributed by atoms with Crippen LogP contribution < -0.4 is 9.64 Å². The first kappa shape index (κ1) is 19.1. The molecule has 0 amide bonds. The summed E-state index contributed by atoms with van der Waals surface area (Å²) >= 11 is 0. The van der Waals surface area contributed by atoms with Crippen LogP contribution in [0.1, 0.15) is 19.9 Å². The number of nitrogens with zero attached hydrogens (tertiary/aromatic N) is 2. The highest BCUT2D eigenvalue weighted by molar-refractivity contribution is 5.47. The number of benzene rings is 2. The third-order valence-corrected chi connectivity index (χ3v) is 4.34. The molecule has 0 radical (unpaired) electrons. The molecule has 2 aromatic carbocycles. The fourth-order valence-corrected chi connectivity index (χ4v) is 3.02. The third kappa shape index (κ3) is 4.63. The fraction of sp³-hybridized carbons (Fsp3) is 0.400. The van der Waals surface area contributed by atoms with Crippen LogP contribution in [-0.2, 0) is 6.54 Å². The molecule has 0 aliphatic carbocycles. The van der Waals surface area contributed by atoms with E-state index in [4.69, 9.17) is 4.74 Å². The largest absolute Gasteiger partial charge is 0.504 e. The maximum atomic E-state index is 13.0. The summed E-state index contributed by atoms with van der Waals surface area (Å²) in [7, 11) is 0. The van der Waals surface area contributed by atoms with Gasteiger partial charge >= 0.3 is 0 Å². The first-order valence-electron chi connectivity index (χ1n) is 8.34. The van der Waals surface area contributed by atoms with Crippen molar-refractivity contribution >= 4 is 5.69 Å². The lowest BCUT2D eigenvalue weighted by molar-refractivity contribution is 0.244. The maximum absolute atomic E-state index is 13.0. The number of anilines is 1. The molecule has 0 spiro atoms. The predicted molar refractivity (Wildman–Crippen MR) is 99.9 cm³/mol. The average Bonchev–Trinajstić information content (AvgIpc) is 2.60. The van der Waals surface area contributed by atoms with Gasteiger partial charge in [-0.25, -0.2) is 4.39 Å². The zero-order chi connectivity index (χ0) is 16.9. The highest BCUT2D eigenvalue weighted by atomic mass is 19.1. The molecule has 1 aliphatic rings. The minimum absolute atomic E-state index is 0. The summed E-state index contributed by atoms with van der Waals surface area (Å²) in [6.07, 6.45) is 0. The second-order valence-electron chi connectivity index (χ2n) is 5.94. The van der Waals surface area contributed by atoms with Gasteiger partial charge in [0, 0.05) is 44.0 Å². The van der Waals surface area contributed by atoms with E-state index in [1.165, 1.54) is 12.1 Å². The normalized spacial score (nSPS) is 14.9. The van der Waals surface area contributed by atoms with E-state index in [1.54, 1.807) is 6.07 Å². The van der Waals surface area contributed by atoms with Gasteiger partial charge in [0.2, 0.25) is 0 Å². The molecule has 5 heteroatoms. The Balaban J connectivity index is 0.00000225. The summed E-state index contributed by atoms with van der Waals surface area (Å²) in [6, 6.07) is 12.3. The zero-order valence-electron chi connectivity index (χ0n) is 13.9. The molecule has 0 bridgehead atoms. The molecule has 1 N–H and O–H groups in total. The summed E-state index contributed by atoms with van der Waals surface area (Å²) in [6.45, 7) is 6.71. The Hall–Kier alpha value is -2.27. The van der Waals surface area contributed by atoms with Crippen LogP contribution >= 0.6 is 0 Å². The molecule has 136 valence electrons. The highest BCUT2D eigenvalue weighted by Crippen LogP contribution is 2.31. The molecule has 3 rings (SSSR count). The van der Waals surface area contributed by atoms with Crippen LogP contribution in [0, 0.1) is 5.82 Å². The van der Waals surface area contributed by atoms with E-state index in [0.29, 0.717) is 18.9 Å². The topological polar surface area (TPSA) is 35.9 Å². The van der Waals surface area contributed by atoms with Crippen molar-refractivity contribution in [3.63, 3.8) is 0 Å². The van der Waals surface area contributed by atoms with Crippen LogP contribution in [0.5, 0.6) is 11.5 Å². The Morgan fingerprint density at radius 1 is 1.04 bits per heavy atom. The van der Waals surface area contributed by atoms with Crippen molar-refractivity contribution in [2.75, 3.05) is 37.7 Å². The number of para-hydroxylation sites is 1. The highest BCUT2D eigenvalue weighted by Gasteiger charge is 2.19. The van der Waals surface area contributed by atoms with Gasteiger partial charge in [0.15, 0.2) is 11.5 Å². The van der Waals surface area contributed by atoms with Gasteiger partial charge in [-0.1, -0.05) is 19.6 Å². The lowest BCUT2D eigenvalue weighted by atomic mass is 10.1. The predicted octanol–water partition coefficient (Wildman–Crippen LogP) is 3.89. The number of hydrogen-bond acceptors (Lipinski definition) is 4. The molecule has 0 saturated carbocycles. The van der Waals surface area contributed by atoms with Crippen molar-refractivity contribution < 1.29 is 14.2 Å². The summed E-state index contributed by atoms with van der Waals surface area (Å²) in [5.41, 5.74) is 1.94. The van der Waals surface area contributed by atoms with Crippen LogP contribution in [0.4, 0.5) is 10.1 Å². The second-order valence-corrected chi connectivity index (χ2v) is 5.94. The average molecular weight is 346 g/mol. The lowest BCUT2D eigenvalue weighted by Crippen LogP contribution is -2.45. The van der Waals surface area contributed by atoms with Gasteiger partial charge in [0.05, 0.1) is 6.61 Å². The van der Waals surface area contributed by atoms with Crippen molar-refractivity contribution in [3.8, 4) is 11.5 Å². The number of piperazine rings is 1. The van der Waals surface area contributed by atoms with Crippen molar-refractivity contribution in [3.05, 3.63) is 53.8 Å². The van der Waals surface area contributed by atoms with Gasteiger partial charge in [0.25, 0.3) is 0 Å². The molecule has 4 nitrogen and oxygen atoms in total. The number of phenolic OH excluding ortho intramolecular Hbond substituents is 1.